The molecule has 0 fully saturated rings. The van der Waals surface area contributed by atoms with Gasteiger partial charge in [0.15, 0.2) is 0 Å². The second-order valence-electron chi connectivity index (χ2n) is 4.79. The first-order valence-corrected chi connectivity index (χ1v) is 6.76. The molecule has 21 heavy (non-hydrogen) atoms. The zero-order valence-corrected chi connectivity index (χ0v) is 12.2. The lowest BCUT2D eigenvalue weighted by Gasteiger charge is -2.11. The zero-order valence-electron chi connectivity index (χ0n) is 12.2. The van der Waals surface area contributed by atoms with Crippen LogP contribution >= 0.6 is 0 Å². The van der Waals surface area contributed by atoms with Gasteiger partial charge in [-0.1, -0.05) is 24.3 Å². The third kappa shape index (κ3) is 3.61. The molecule has 0 aliphatic rings. The van der Waals surface area contributed by atoms with E-state index in [1.54, 1.807) is 19.2 Å². The van der Waals surface area contributed by atoms with Crippen molar-refractivity contribution in [1.82, 2.24) is 5.32 Å². The number of aliphatic hydroxyl groups excluding tert-OH is 1. The molecule has 2 N–H and O–H groups in total. The van der Waals surface area contributed by atoms with Crippen molar-refractivity contribution < 1.29 is 14.6 Å². The van der Waals surface area contributed by atoms with Gasteiger partial charge in [-0.2, -0.15) is 0 Å². The Bertz CT molecular complexity index is 638. The Balaban J connectivity index is 2.08. The molecule has 0 aliphatic heterocycles. The molecule has 2 aromatic carbocycles. The maximum Gasteiger partial charge on any atom is 0.251 e. The Morgan fingerprint density at radius 1 is 1.19 bits per heavy atom. The van der Waals surface area contributed by atoms with Gasteiger partial charge in [0.2, 0.25) is 0 Å². The highest BCUT2D eigenvalue weighted by Gasteiger charge is 2.10. The van der Waals surface area contributed by atoms with Crippen LogP contribution in [0.25, 0.3) is 0 Å². The average molecular weight is 285 g/mol. The number of hydrogen-bond donors (Lipinski definition) is 2. The summed E-state index contributed by atoms with van der Waals surface area (Å²) in [6.45, 7) is 2.23. The van der Waals surface area contributed by atoms with Gasteiger partial charge in [-0.05, 0) is 41.8 Å². The number of aryl methyl sites for hydroxylation is 1. The highest BCUT2D eigenvalue weighted by molar-refractivity contribution is 5.95. The van der Waals surface area contributed by atoms with Crippen molar-refractivity contribution in [1.29, 1.82) is 0 Å². The largest absolute Gasteiger partial charge is 0.497 e. The Morgan fingerprint density at radius 2 is 1.90 bits per heavy atom. The monoisotopic (exact) mass is 285 g/mol. The minimum atomic E-state index is -0.136. The number of carbonyl (C=O) groups is 1. The molecule has 0 aromatic heterocycles. The molecule has 110 valence electrons. The van der Waals surface area contributed by atoms with Crippen LogP contribution in [0.3, 0.4) is 0 Å². The molecule has 0 bridgehead atoms. The minimum Gasteiger partial charge on any atom is -0.497 e. The summed E-state index contributed by atoms with van der Waals surface area (Å²) in [4.78, 5) is 12.2. The van der Waals surface area contributed by atoms with Crippen LogP contribution in [0.15, 0.2) is 42.5 Å². The van der Waals surface area contributed by atoms with Gasteiger partial charge in [0.05, 0.1) is 13.7 Å². The quantitative estimate of drug-likeness (QED) is 0.887. The van der Waals surface area contributed by atoms with E-state index >= 15 is 0 Å². The molecular weight excluding hydrogens is 266 g/mol. The number of carbonyl (C=O) groups excluding carboxylic acids is 1. The fraction of sp³-hybridized carbons (Fsp3) is 0.235. The standard InChI is InChI=1S/C17H19NO3/c1-12-9-15(21-2)7-8-16(12)17(20)18-10-13-5-3-4-6-14(13)11-19/h3-9,19H,10-11H2,1-2H3,(H,18,20). The van der Waals surface area contributed by atoms with Gasteiger partial charge in [-0.15, -0.1) is 0 Å². The second kappa shape index (κ2) is 6.90. The highest BCUT2D eigenvalue weighted by atomic mass is 16.5. The third-order valence-electron chi connectivity index (χ3n) is 3.41. The topological polar surface area (TPSA) is 58.6 Å². The lowest BCUT2D eigenvalue weighted by Crippen LogP contribution is -2.24. The first-order chi connectivity index (χ1) is 10.2. The van der Waals surface area contributed by atoms with Crippen molar-refractivity contribution in [3.8, 4) is 5.75 Å². The number of ether oxygens (including phenoxy) is 1. The Morgan fingerprint density at radius 3 is 2.52 bits per heavy atom. The summed E-state index contributed by atoms with van der Waals surface area (Å²) in [6, 6.07) is 12.8. The van der Waals surface area contributed by atoms with E-state index in [0.717, 1.165) is 22.4 Å². The summed E-state index contributed by atoms with van der Waals surface area (Å²) in [6.07, 6.45) is 0. The van der Waals surface area contributed by atoms with E-state index in [1.807, 2.05) is 37.3 Å². The van der Waals surface area contributed by atoms with Crippen LogP contribution in [0.2, 0.25) is 0 Å². The van der Waals surface area contributed by atoms with Crippen molar-refractivity contribution in [3.63, 3.8) is 0 Å². The maximum atomic E-state index is 12.2. The van der Waals surface area contributed by atoms with Gasteiger partial charge in [-0.25, -0.2) is 0 Å². The van der Waals surface area contributed by atoms with Gasteiger partial charge < -0.3 is 15.2 Å². The maximum absolute atomic E-state index is 12.2. The number of amides is 1. The lowest BCUT2D eigenvalue weighted by molar-refractivity contribution is 0.0950. The molecule has 0 atom stereocenters. The number of hydrogen-bond acceptors (Lipinski definition) is 3. The van der Waals surface area contributed by atoms with Crippen molar-refractivity contribution in [2.45, 2.75) is 20.1 Å². The lowest BCUT2D eigenvalue weighted by atomic mass is 10.1. The van der Waals surface area contributed by atoms with E-state index in [2.05, 4.69) is 5.32 Å². The zero-order chi connectivity index (χ0) is 15.2. The average Bonchev–Trinajstić information content (AvgIpc) is 2.52. The summed E-state index contributed by atoms with van der Waals surface area (Å²) in [7, 11) is 1.60. The minimum absolute atomic E-state index is 0.0341. The normalized spacial score (nSPS) is 10.2. The van der Waals surface area contributed by atoms with Crippen molar-refractivity contribution in [2.75, 3.05) is 7.11 Å². The Labute approximate surface area is 124 Å². The summed E-state index contributed by atoms with van der Waals surface area (Å²) >= 11 is 0. The number of aliphatic hydroxyl groups is 1. The number of benzene rings is 2. The molecule has 0 heterocycles. The molecule has 0 aliphatic carbocycles. The highest BCUT2D eigenvalue weighted by Crippen LogP contribution is 2.17. The van der Waals surface area contributed by atoms with Gasteiger partial charge in [-0.3, -0.25) is 4.79 Å². The van der Waals surface area contributed by atoms with Crippen LogP contribution in [0.1, 0.15) is 27.0 Å². The summed E-state index contributed by atoms with van der Waals surface area (Å²) < 4.78 is 5.13. The second-order valence-corrected chi connectivity index (χ2v) is 4.79. The van der Waals surface area contributed by atoms with E-state index in [1.165, 1.54) is 0 Å². The number of methoxy groups -OCH3 is 1. The van der Waals surface area contributed by atoms with Crippen LogP contribution in [0.5, 0.6) is 5.75 Å². The van der Waals surface area contributed by atoms with E-state index in [-0.39, 0.29) is 12.5 Å². The predicted molar refractivity (Wildman–Crippen MR) is 81.3 cm³/mol. The summed E-state index contributed by atoms with van der Waals surface area (Å²) in [5.74, 6) is 0.595. The smallest absolute Gasteiger partial charge is 0.251 e. The molecule has 0 radical (unpaired) electrons. The van der Waals surface area contributed by atoms with Crippen molar-refractivity contribution in [2.24, 2.45) is 0 Å². The number of rotatable bonds is 5. The molecule has 0 saturated heterocycles. The van der Waals surface area contributed by atoms with Gasteiger partial charge in [0.25, 0.3) is 5.91 Å². The fourth-order valence-corrected chi connectivity index (χ4v) is 2.17. The van der Waals surface area contributed by atoms with Crippen LogP contribution < -0.4 is 10.1 Å². The molecule has 0 unspecified atom stereocenters. The van der Waals surface area contributed by atoms with Gasteiger partial charge >= 0.3 is 0 Å². The van der Waals surface area contributed by atoms with E-state index in [4.69, 9.17) is 4.74 Å². The molecular formula is C17H19NO3. The molecule has 4 nitrogen and oxygen atoms in total. The first kappa shape index (κ1) is 15.1. The molecule has 1 amide bonds. The van der Waals surface area contributed by atoms with Crippen molar-refractivity contribution in [3.05, 3.63) is 64.7 Å². The predicted octanol–water partition coefficient (Wildman–Crippen LogP) is 2.43. The molecule has 0 spiro atoms. The van der Waals surface area contributed by atoms with Crippen molar-refractivity contribution >= 4 is 5.91 Å². The van der Waals surface area contributed by atoms with Gasteiger partial charge in [0.1, 0.15) is 5.75 Å². The Hall–Kier alpha value is -2.33. The van der Waals surface area contributed by atoms with E-state index in [0.29, 0.717) is 12.1 Å². The summed E-state index contributed by atoms with van der Waals surface area (Å²) in [5.41, 5.74) is 3.23. The van der Waals surface area contributed by atoms with Gasteiger partial charge in [0, 0.05) is 12.1 Å². The van der Waals surface area contributed by atoms with Crippen LogP contribution in [-0.2, 0) is 13.2 Å². The fourth-order valence-electron chi connectivity index (χ4n) is 2.17. The van der Waals surface area contributed by atoms with E-state index < -0.39 is 0 Å². The molecule has 4 heteroatoms. The van der Waals surface area contributed by atoms with Crippen LogP contribution in [0, 0.1) is 6.92 Å². The molecule has 0 saturated carbocycles. The SMILES string of the molecule is COc1ccc(C(=O)NCc2ccccc2CO)c(C)c1. The Kier molecular flexibility index (Phi) is 4.95. The van der Waals surface area contributed by atoms with Crippen LogP contribution in [-0.4, -0.2) is 18.1 Å². The third-order valence-corrected chi connectivity index (χ3v) is 3.41. The van der Waals surface area contributed by atoms with E-state index in [9.17, 15) is 9.90 Å². The van der Waals surface area contributed by atoms with Crippen LogP contribution in [0.4, 0.5) is 0 Å². The molecule has 2 aromatic rings. The molecule has 2 rings (SSSR count). The summed E-state index contributed by atoms with van der Waals surface area (Å²) in [5, 5.41) is 12.2. The first-order valence-electron chi connectivity index (χ1n) is 6.76. The number of nitrogens with one attached hydrogen (secondary N) is 1.